The standard InChI is InChI=1S/C13H18NO/c1-13(14(2,3)4)9-10-15-12-8-6-5-7-11(12)13/h5-10H,1-4H3/q+1. The van der Waals surface area contributed by atoms with E-state index in [9.17, 15) is 0 Å². The van der Waals surface area contributed by atoms with Gasteiger partial charge in [-0.1, -0.05) is 12.1 Å². The van der Waals surface area contributed by atoms with E-state index in [0.29, 0.717) is 0 Å². The molecule has 0 aliphatic carbocycles. The van der Waals surface area contributed by atoms with Crippen molar-refractivity contribution in [3.8, 4) is 5.75 Å². The maximum absolute atomic E-state index is 5.52. The minimum absolute atomic E-state index is 0.0190. The summed E-state index contributed by atoms with van der Waals surface area (Å²) in [5.41, 5.74) is 1.23. The minimum atomic E-state index is -0.0190. The predicted molar refractivity (Wildman–Crippen MR) is 61.6 cm³/mol. The Balaban J connectivity index is 2.60. The Labute approximate surface area is 91.4 Å². The quantitative estimate of drug-likeness (QED) is 0.639. The number of quaternary nitrogens is 1. The van der Waals surface area contributed by atoms with Crippen LogP contribution in [-0.2, 0) is 5.54 Å². The van der Waals surface area contributed by atoms with E-state index in [-0.39, 0.29) is 5.54 Å². The van der Waals surface area contributed by atoms with Gasteiger partial charge in [-0.2, -0.15) is 0 Å². The first-order valence-electron chi connectivity index (χ1n) is 5.20. The number of rotatable bonds is 1. The minimum Gasteiger partial charge on any atom is -0.465 e. The number of para-hydroxylation sites is 1. The Kier molecular flexibility index (Phi) is 2.12. The predicted octanol–water partition coefficient (Wildman–Crippen LogP) is 2.51. The van der Waals surface area contributed by atoms with Crippen molar-refractivity contribution in [2.24, 2.45) is 0 Å². The van der Waals surface area contributed by atoms with Crippen molar-refractivity contribution in [2.75, 3.05) is 21.1 Å². The van der Waals surface area contributed by atoms with Crippen molar-refractivity contribution in [1.29, 1.82) is 0 Å². The van der Waals surface area contributed by atoms with Crippen LogP contribution in [0.2, 0.25) is 0 Å². The molecule has 1 aromatic rings. The third-order valence-electron chi connectivity index (χ3n) is 3.41. The summed E-state index contributed by atoms with van der Waals surface area (Å²) in [6.07, 6.45) is 3.93. The van der Waals surface area contributed by atoms with Crippen LogP contribution >= 0.6 is 0 Å². The van der Waals surface area contributed by atoms with Crippen LogP contribution in [0.5, 0.6) is 5.75 Å². The van der Waals surface area contributed by atoms with Gasteiger partial charge in [0.1, 0.15) is 11.3 Å². The number of fused-ring (bicyclic) bond motifs is 1. The molecule has 80 valence electrons. The van der Waals surface area contributed by atoms with Gasteiger partial charge in [-0.25, -0.2) is 0 Å². The van der Waals surface area contributed by atoms with Gasteiger partial charge in [0.15, 0.2) is 0 Å². The number of hydrogen-bond acceptors (Lipinski definition) is 1. The van der Waals surface area contributed by atoms with Gasteiger partial charge in [0.25, 0.3) is 0 Å². The van der Waals surface area contributed by atoms with E-state index in [1.165, 1.54) is 5.56 Å². The number of hydrogen-bond donors (Lipinski definition) is 0. The molecule has 0 bridgehead atoms. The van der Waals surface area contributed by atoms with Crippen LogP contribution in [0.3, 0.4) is 0 Å². The Morgan fingerprint density at radius 3 is 2.47 bits per heavy atom. The summed E-state index contributed by atoms with van der Waals surface area (Å²) < 4.78 is 6.37. The zero-order chi connectivity index (χ0) is 11.1. The molecule has 2 nitrogen and oxygen atoms in total. The Morgan fingerprint density at radius 1 is 1.13 bits per heavy atom. The summed E-state index contributed by atoms with van der Waals surface area (Å²) in [5.74, 6) is 0.968. The Hall–Kier alpha value is -1.28. The number of benzene rings is 1. The van der Waals surface area contributed by atoms with E-state index in [4.69, 9.17) is 4.74 Å². The summed E-state index contributed by atoms with van der Waals surface area (Å²) in [6.45, 7) is 2.24. The second kappa shape index (κ2) is 3.11. The third-order valence-corrected chi connectivity index (χ3v) is 3.41. The molecule has 0 radical (unpaired) electrons. The van der Waals surface area contributed by atoms with E-state index in [1.54, 1.807) is 6.26 Å². The van der Waals surface area contributed by atoms with Gasteiger partial charge >= 0.3 is 0 Å². The average Bonchev–Trinajstić information content (AvgIpc) is 2.17. The maximum Gasteiger partial charge on any atom is 0.147 e. The lowest BCUT2D eigenvalue weighted by atomic mass is 9.87. The molecular formula is C13H18NO+. The Morgan fingerprint density at radius 2 is 1.80 bits per heavy atom. The van der Waals surface area contributed by atoms with E-state index >= 15 is 0 Å². The average molecular weight is 204 g/mol. The summed E-state index contributed by atoms with van der Waals surface area (Å²) in [5, 5.41) is 0. The largest absolute Gasteiger partial charge is 0.465 e. The summed E-state index contributed by atoms with van der Waals surface area (Å²) in [4.78, 5) is 0. The molecule has 0 spiro atoms. The van der Waals surface area contributed by atoms with Crippen LogP contribution in [0.4, 0.5) is 0 Å². The van der Waals surface area contributed by atoms with Crippen LogP contribution in [0, 0.1) is 0 Å². The van der Waals surface area contributed by atoms with E-state index < -0.39 is 0 Å². The SMILES string of the molecule is CC1([N+](C)(C)C)C=COc2ccccc21. The molecule has 1 unspecified atom stereocenters. The molecule has 0 aromatic heterocycles. The van der Waals surface area contributed by atoms with Gasteiger partial charge in [0, 0.05) is 6.08 Å². The first-order chi connectivity index (χ1) is 6.95. The lowest BCUT2D eigenvalue weighted by Crippen LogP contribution is -2.52. The first-order valence-corrected chi connectivity index (χ1v) is 5.20. The highest BCUT2D eigenvalue weighted by molar-refractivity contribution is 5.42. The molecule has 1 aliphatic rings. The second-order valence-electron chi connectivity index (χ2n) is 5.08. The normalized spacial score (nSPS) is 24.5. The fraction of sp³-hybridized carbons (Fsp3) is 0.385. The van der Waals surface area contributed by atoms with Crippen molar-refractivity contribution < 1.29 is 9.22 Å². The maximum atomic E-state index is 5.52. The zero-order valence-electron chi connectivity index (χ0n) is 9.82. The molecular weight excluding hydrogens is 186 g/mol. The monoisotopic (exact) mass is 204 g/mol. The highest BCUT2D eigenvalue weighted by Gasteiger charge is 2.41. The molecule has 2 heteroatoms. The first kappa shape index (κ1) is 10.2. The van der Waals surface area contributed by atoms with Crippen LogP contribution in [-0.4, -0.2) is 25.6 Å². The summed E-state index contributed by atoms with van der Waals surface area (Å²) in [7, 11) is 6.60. The highest BCUT2D eigenvalue weighted by Crippen LogP contribution is 2.40. The molecule has 1 aromatic carbocycles. The number of likely N-dealkylation sites (N-methyl/N-ethyl adjacent to an activating group) is 1. The van der Waals surface area contributed by atoms with Gasteiger partial charge in [-0.05, 0) is 19.1 Å². The van der Waals surface area contributed by atoms with Gasteiger partial charge in [0.05, 0.1) is 33.0 Å². The fourth-order valence-corrected chi connectivity index (χ4v) is 1.90. The van der Waals surface area contributed by atoms with E-state index in [1.807, 2.05) is 12.1 Å². The molecule has 0 amide bonds. The van der Waals surface area contributed by atoms with Crippen molar-refractivity contribution in [3.63, 3.8) is 0 Å². The lowest BCUT2D eigenvalue weighted by molar-refractivity contribution is -0.921. The van der Waals surface area contributed by atoms with E-state index in [0.717, 1.165) is 10.2 Å². The topological polar surface area (TPSA) is 9.23 Å². The van der Waals surface area contributed by atoms with Crippen molar-refractivity contribution in [2.45, 2.75) is 12.5 Å². The van der Waals surface area contributed by atoms with E-state index in [2.05, 4.69) is 46.3 Å². The van der Waals surface area contributed by atoms with Gasteiger partial charge in [-0.15, -0.1) is 0 Å². The van der Waals surface area contributed by atoms with Crippen LogP contribution in [0.1, 0.15) is 12.5 Å². The fourth-order valence-electron chi connectivity index (χ4n) is 1.90. The third kappa shape index (κ3) is 1.45. The van der Waals surface area contributed by atoms with Crippen LogP contribution in [0.15, 0.2) is 36.6 Å². The molecule has 1 atom stereocenters. The van der Waals surface area contributed by atoms with Crippen LogP contribution in [0.25, 0.3) is 0 Å². The summed E-state index contributed by atoms with van der Waals surface area (Å²) >= 11 is 0. The number of nitrogens with zero attached hydrogens (tertiary/aromatic N) is 1. The zero-order valence-corrected chi connectivity index (χ0v) is 9.82. The molecule has 1 heterocycles. The smallest absolute Gasteiger partial charge is 0.147 e. The van der Waals surface area contributed by atoms with Gasteiger partial charge < -0.3 is 9.22 Å². The van der Waals surface area contributed by atoms with Crippen LogP contribution < -0.4 is 4.74 Å². The molecule has 2 rings (SSSR count). The van der Waals surface area contributed by atoms with Crippen molar-refractivity contribution in [1.82, 2.24) is 0 Å². The molecule has 1 aliphatic heterocycles. The number of ether oxygens (including phenoxy) is 1. The Bertz CT molecular complexity index is 403. The highest BCUT2D eigenvalue weighted by atomic mass is 16.5. The molecule has 0 saturated carbocycles. The van der Waals surface area contributed by atoms with Crippen molar-refractivity contribution in [3.05, 3.63) is 42.2 Å². The lowest BCUT2D eigenvalue weighted by Gasteiger charge is -2.43. The van der Waals surface area contributed by atoms with Gasteiger partial charge in [0.2, 0.25) is 0 Å². The molecule has 0 saturated heterocycles. The van der Waals surface area contributed by atoms with Gasteiger partial charge in [-0.3, -0.25) is 0 Å². The summed E-state index contributed by atoms with van der Waals surface area (Å²) in [6, 6.07) is 8.23. The second-order valence-corrected chi connectivity index (χ2v) is 5.08. The van der Waals surface area contributed by atoms with Crippen molar-refractivity contribution >= 4 is 0 Å². The molecule has 0 fully saturated rings. The molecule has 15 heavy (non-hydrogen) atoms. The molecule has 0 N–H and O–H groups in total.